The maximum atomic E-state index is 13.7. The number of rotatable bonds is 5. The lowest BCUT2D eigenvalue weighted by molar-refractivity contribution is -0.174. The SMILES string of the molecule is COC(=O)C1CCN(Cc2ccc(-c3ccc(O)c4c3C[C@H]3C[C@H]5CC(O)C(C(N)=O)C(=O)[C@@]5(O)C(=O)C3=C4O)cc2)CC1. The number of carbonyl (C=O) groups is 4. The number of phenols is 1. The van der Waals surface area contributed by atoms with Gasteiger partial charge in [0.15, 0.2) is 11.4 Å². The number of nitrogens with zero attached hydrogens (tertiary/aromatic N) is 1. The molecule has 3 fully saturated rings. The summed E-state index contributed by atoms with van der Waals surface area (Å²) in [4.78, 5) is 52.9. The first-order chi connectivity index (χ1) is 20.9. The molecule has 3 aliphatic carbocycles. The topological polar surface area (TPSA) is 188 Å². The van der Waals surface area contributed by atoms with Crippen molar-refractivity contribution in [1.29, 1.82) is 0 Å². The van der Waals surface area contributed by atoms with Crippen LogP contribution in [-0.2, 0) is 36.9 Å². The minimum absolute atomic E-state index is 0.0609. The van der Waals surface area contributed by atoms with Crippen molar-refractivity contribution >= 4 is 29.2 Å². The van der Waals surface area contributed by atoms with Crippen LogP contribution in [0.3, 0.4) is 0 Å². The molecule has 2 saturated carbocycles. The van der Waals surface area contributed by atoms with E-state index in [4.69, 9.17) is 10.5 Å². The van der Waals surface area contributed by atoms with Crippen molar-refractivity contribution in [2.24, 2.45) is 29.4 Å². The smallest absolute Gasteiger partial charge is 0.308 e. The van der Waals surface area contributed by atoms with Gasteiger partial charge in [-0.1, -0.05) is 30.3 Å². The van der Waals surface area contributed by atoms with Crippen LogP contribution in [0.2, 0.25) is 0 Å². The Morgan fingerprint density at radius 2 is 1.73 bits per heavy atom. The van der Waals surface area contributed by atoms with Gasteiger partial charge in [-0.05, 0) is 79.4 Å². The molecule has 2 unspecified atom stereocenters. The van der Waals surface area contributed by atoms with Crippen molar-refractivity contribution in [3.8, 4) is 16.9 Å². The second kappa shape index (κ2) is 11.1. The van der Waals surface area contributed by atoms with Crippen LogP contribution in [0.15, 0.2) is 42.0 Å². The second-order valence-corrected chi connectivity index (χ2v) is 12.5. The van der Waals surface area contributed by atoms with E-state index >= 15 is 0 Å². The van der Waals surface area contributed by atoms with Gasteiger partial charge in [0.1, 0.15) is 17.4 Å². The maximum absolute atomic E-state index is 13.7. The number of piperidine rings is 1. The zero-order chi connectivity index (χ0) is 31.5. The highest BCUT2D eigenvalue weighted by atomic mass is 16.5. The van der Waals surface area contributed by atoms with Crippen LogP contribution in [0.25, 0.3) is 16.9 Å². The molecule has 1 amide bonds. The van der Waals surface area contributed by atoms with Gasteiger partial charge in [0, 0.05) is 18.0 Å². The number of methoxy groups -OCH3 is 1. The Labute approximate surface area is 253 Å². The van der Waals surface area contributed by atoms with E-state index in [1.165, 1.54) is 13.2 Å². The first-order valence-corrected chi connectivity index (χ1v) is 14.9. The van der Waals surface area contributed by atoms with Crippen molar-refractivity contribution in [3.63, 3.8) is 0 Å². The first kappa shape index (κ1) is 30.0. The lowest BCUT2D eigenvalue weighted by atomic mass is 9.56. The molecule has 0 radical (unpaired) electrons. The fourth-order valence-electron chi connectivity index (χ4n) is 7.74. The van der Waals surface area contributed by atoms with Crippen LogP contribution in [0.5, 0.6) is 5.75 Å². The molecule has 0 bridgehead atoms. The molecule has 0 spiro atoms. The van der Waals surface area contributed by atoms with E-state index in [1.807, 2.05) is 24.3 Å². The summed E-state index contributed by atoms with van der Waals surface area (Å²) in [5, 5.41) is 44.1. The molecule has 1 heterocycles. The molecule has 5 atom stereocenters. The fraction of sp³-hybridized carbons (Fsp3) is 0.455. The number of hydrogen-bond acceptors (Lipinski definition) is 10. The summed E-state index contributed by atoms with van der Waals surface area (Å²) < 4.78 is 4.88. The number of ether oxygens (including phenoxy) is 1. The number of Topliss-reactive ketones (excluding diaryl/α,β-unsaturated/α-hetero) is 2. The number of aromatic hydroxyl groups is 1. The number of aliphatic hydroxyl groups excluding tert-OH is 2. The predicted molar refractivity (Wildman–Crippen MR) is 157 cm³/mol. The normalized spacial score (nSPS) is 29.1. The van der Waals surface area contributed by atoms with E-state index in [9.17, 15) is 39.6 Å². The number of amides is 1. The van der Waals surface area contributed by atoms with Crippen LogP contribution < -0.4 is 5.73 Å². The Bertz CT molecular complexity index is 1570. The number of ketones is 2. The number of primary amides is 1. The molecule has 232 valence electrons. The number of likely N-dealkylation sites (tertiary alicyclic amines) is 1. The van der Waals surface area contributed by atoms with Crippen molar-refractivity contribution in [2.75, 3.05) is 20.2 Å². The lowest BCUT2D eigenvalue weighted by Gasteiger charge is -2.48. The standard InChI is InChI=1S/C33H36N2O9/c1-44-32(42)18-8-10-35(11-9-18)15-16-2-4-17(5-3-16)21-6-7-23(36)26-22(21)13-19-12-20-14-24(37)27(31(34)41)30(40)33(20,43)29(39)25(19)28(26)38/h2-7,18-20,24,27,36-38,43H,8-15H2,1H3,(H2,34,41)/t19-,20+,24?,27?,33+/m1/s1. The Balaban J connectivity index is 1.28. The van der Waals surface area contributed by atoms with E-state index < -0.39 is 52.7 Å². The van der Waals surface area contributed by atoms with E-state index in [1.54, 1.807) is 6.07 Å². The van der Waals surface area contributed by atoms with Gasteiger partial charge in [-0.25, -0.2) is 0 Å². The molecule has 1 aliphatic heterocycles. The van der Waals surface area contributed by atoms with Gasteiger partial charge in [-0.15, -0.1) is 0 Å². The second-order valence-electron chi connectivity index (χ2n) is 12.5. The molecule has 11 nitrogen and oxygen atoms in total. The van der Waals surface area contributed by atoms with Gasteiger partial charge >= 0.3 is 5.97 Å². The van der Waals surface area contributed by atoms with Crippen LogP contribution in [0, 0.1) is 23.7 Å². The summed E-state index contributed by atoms with van der Waals surface area (Å²) in [5.74, 6) is -7.56. The summed E-state index contributed by atoms with van der Waals surface area (Å²) in [6.07, 6.45) is 0.264. The molecule has 4 aliphatic rings. The summed E-state index contributed by atoms with van der Waals surface area (Å²) >= 11 is 0. The highest BCUT2D eigenvalue weighted by Crippen LogP contribution is 2.52. The van der Waals surface area contributed by atoms with E-state index in [0.717, 1.165) is 49.2 Å². The highest BCUT2D eigenvalue weighted by molar-refractivity contribution is 6.24. The maximum Gasteiger partial charge on any atom is 0.308 e. The largest absolute Gasteiger partial charge is 0.507 e. The van der Waals surface area contributed by atoms with Crippen LogP contribution in [0.4, 0.5) is 0 Å². The van der Waals surface area contributed by atoms with Gasteiger partial charge in [0.05, 0.1) is 24.7 Å². The molecule has 1 saturated heterocycles. The average molecular weight is 605 g/mol. The predicted octanol–water partition coefficient (Wildman–Crippen LogP) is 1.64. The van der Waals surface area contributed by atoms with Crippen molar-refractivity contribution < 1.29 is 44.3 Å². The number of carbonyl (C=O) groups excluding carboxylic acids is 4. The van der Waals surface area contributed by atoms with Gasteiger partial charge in [-0.2, -0.15) is 0 Å². The fourth-order valence-corrected chi connectivity index (χ4v) is 7.74. The zero-order valence-corrected chi connectivity index (χ0v) is 24.4. The highest BCUT2D eigenvalue weighted by Gasteiger charge is 2.64. The number of benzene rings is 2. The van der Waals surface area contributed by atoms with Crippen LogP contribution >= 0.6 is 0 Å². The third kappa shape index (κ3) is 4.70. The molecular formula is C33H36N2O9. The minimum Gasteiger partial charge on any atom is -0.507 e. The molecular weight excluding hydrogens is 568 g/mol. The van der Waals surface area contributed by atoms with Gasteiger partial charge in [0.2, 0.25) is 11.7 Å². The summed E-state index contributed by atoms with van der Waals surface area (Å²) in [6, 6.07) is 11.1. The third-order valence-electron chi connectivity index (χ3n) is 10.1. The first-order valence-electron chi connectivity index (χ1n) is 14.9. The van der Waals surface area contributed by atoms with E-state index in [0.29, 0.717) is 5.56 Å². The monoisotopic (exact) mass is 604 g/mol. The average Bonchev–Trinajstić information content (AvgIpc) is 2.99. The quantitative estimate of drug-likeness (QED) is 0.248. The van der Waals surface area contributed by atoms with Crippen molar-refractivity contribution in [1.82, 2.24) is 4.90 Å². The molecule has 2 aromatic rings. The Morgan fingerprint density at radius 1 is 1.05 bits per heavy atom. The van der Waals surface area contributed by atoms with Gasteiger partial charge in [0.25, 0.3) is 0 Å². The Morgan fingerprint density at radius 3 is 2.36 bits per heavy atom. The number of phenolic OH excluding ortho intramolecular Hbond substituents is 1. The van der Waals surface area contributed by atoms with Crippen LogP contribution in [0.1, 0.15) is 42.4 Å². The Kier molecular flexibility index (Phi) is 7.59. The summed E-state index contributed by atoms with van der Waals surface area (Å²) in [7, 11) is 1.41. The third-order valence-corrected chi connectivity index (χ3v) is 10.1. The molecule has 6 N–H and O–H groups in total. The van der Waals surface area contributed by atoms with Gasteiger partial charge < -0.3 is 30.9 Å². The van der Waals surface area contributed by atoms with Gasteiger partial charge in [-0.3, -0.25) is 24.1 Å². The molecule has 6 rings (SSSR count). The number of nitrogens with two attached hydrogens (primary N) is 1. The number of esters is 1. The number of fused-ring (bicyclic) bond motifs is 3. The molecule has 44 heavy (non-hydrogen) atoms. The van der Waals surface area contributed by atoms with Crippen LogP contribution in [-0.4, -0.2) is 80.7 Å². The van der Waals surface area contributed by atoms with Crippen molar-refractivity contribution in [2.45, 2.75) is 50.4 Å². The molecule has 11 heteroatoms. The lowest BCUT2D eigenvalue weighted by Crippen LogP contribution is -2.66. The molecule has 0 aromatic heterocycles. The number of aliphatic hydroxyl groups is 3. The van der Waals surface area contributed by atoms with E-state index in [-0.39, 0.29) is 48.0 Å². The zero-order valence-electron chi connectivity index (χ0n) is 24.4. The Hall–Kier alpha value is -4.06. The van der Waals surface area contributed by atoms with E-state index in [2.05, 4.69) is 4.90 Å². The molecule has 2 aromatic carbocycles. The summed E-state index contributed by atoms with van der Waals surface area (Å²) in [6.45, 7) is 2.32. The minimum atomic E-state index is -2.60. The van der Waals surface area contributed by atoms with Crippen molar-refractivity contribution in [3.05, 3.63) is 58.7 Å². The summed E-state index contributed by atoms with van der Waals surface area (Å²) in [5.41, 5.74) is 5.93. The number of hydrogen-bond donors (Lipinski definition) is 5.